The van der Waals surface area contributed by atoms with Crippen molar-refractivity contribution in [2.24, 2.45) is 0 Å². The summed E-state index contributed by atoms with van der Waals surface area (Å²) < 4.78 is 39.2. The Hall–Kier alpha value is -2.61. The number of anilines is 1. The third-order valence-corrected chi connectivity index (χ3v) is 5.03. The van der Waals surface area contributed by atoms with Crippen LogP contribution < -0.4 is 5.32 Å². The number of fused-ring (bicyclic) bond motifs is 1. The number of halogens is 3. The molecular formula is C19H16F3N3OS. The van der Waals surface area contributed by atoms with Crippen LogP contribution in [0, 0.1) is 6.92 Å². The van der Waals surface area contributed by atoms with Gasteiger partial charge in [-0.1, -0.05) is 36.0 Å². The van der Waals surface area contributed by atoms with Gasteiger partial charge in [-0.2, -0.15) is 13.2 Å². The van der Waals surface area contributed by atoms with Crippen LogP contribution in [0.4, 0.5) is 18.9 Å². The SMILES string of the molecule is Cc1nc2ccccc2nc1S[C@@H](C)C(=O)Nc1ccccc1C(F)(F)F. The van der Waals surface area contributed by atoms with E-state index in [1.807, 2.05) is 24.3 Å². The van der Waals surface area contributed by atoms with E-state index >= 15 is 0 Å². The molecule has 3 aromatic rings. The summed E-state index contributed by atoms with van der Waals surface area (Å²) in [5.41, 5.74) is 0.964. The van der Waals surface area contributed by atoms with Gasteiger partial charge in [0.25, 0.3) is 0 Å². The molecular weight excluding hydrogens is 375 g/mol. The third-order valence-electron chi connectivity index (χ3n) is 3.85. The molecule has 8 heteroatoms. The second-order valence-corrected chi connectivity index (χ2v) is 7.23. The molecule has 0 radical (unpaired) electrons. The Labute approximate surface area is 158 Å². The molecule has 0 aliphatic heterocycles. The maximum atomic E-state index is 13.1. The lowest BCUT2D eigenvalue weighted by Crippen LogP contribution is -2.24. The minimum atomic E-state index is -4.54. The quantitative estimate of drug-likeness (QED) is 0.631. The summed E-state index contributed by atoms with van der Waals surface area (Å²) in [4.78, 5) is 21.4. The van der Waals surface area contributed by atoms with Crippen molar-refractivity contribution in [1.29, 1.82) is 0 Å². The normalized spacial score (nSPS) is 12.8. The van der Waals surface area contributed by atoms with Crippen LogP contribution in [0.3, 0.4) is 0 Å². The maximum Gasteiger partial charge on any atom is 0.418 e. The second-order valence-electron chi connectivity index (χ2n) is 5.90. The number of aryl methyl sites for hydroxylation is 1. The van der Waals surface area contributed by atoms with E-state index in [1.165, 1.54) is 18.2 Å². The topological polar surface area (TPSA) is 54.9 Å². The number of hydrogen-bond donors (Lipinski definition) is 1. The van der Waals surface area contributed by atoms with Crippen LogP contribution in [-0.2, 0) is 11.0 Å². The zero-order valence-electron chi connectivity index (χ0n) is 14.5. The molecule has 0 unspecified atom stereocenters. The van der Waals surface area contributed by atoms with Crippen molar-refractivity contribution in [3.63, 3.8) is 0 Å². The predicted octanol–water partition coefficient (Wildman–Crippen LogP) is 5.08. The van der Waals surface area contributed by atoms with Crippen LogP contribution in [0.25, 0.3) is 11.0 Å². The summed E-state index contributed by atoms with van der Waals surface area (Å²) in [6, 6.07) is 12.3. The van der Waals surface area contributed by atoms with Crippen LogP contribution in [-0.4, -0.2) is 21.1 Å². The van der Waals surface area contributed by atoms with Crippen LogP contribution in [0.5, 0.6) is 0 Å². The number of carbonyl (C=O) groups excluding carboxylic acids is 1. The highest BCUT2D eigenvalue weighted by Crippen LogP contribution is 2.35. The summed E-state index contributed by atoms with van der Waals surface area (Å²) in [6.07, 6.45) is -4.54. The first-order valence-corrected chi connectivity index (χ1v) is 9.01. The first-order valence-electron chi connectivity index (χ1n) is 8.13. The molecule has 0 fully saturated rings. The molecule has 1 atom stereocenters. The minimum Gasteiger partial charge on any atom is -0.325 e. The summed E-state index contributed by atoms with van der Waals surface area (Å²) in [6.45, 7) is 3.40. The molecule has 140 valence electrons. The van der Waals surface area contributed by atoms with Gasteiger partial charge in [0.05, 0.1) is 33.2 Å². The monoisotopic (exact) mass is 391 g/mol. The first kappa shape index (κ1) is 19.2. The average molecular weight is 391 g/mol. The Morgan fingerprint density at radius 3 is 2.30 bits per heavy atom. The summed E-state index contributed by atoms with van der Waals surface area (Å²) in [5, 5.41) is 2.28. The fraction of sp³-hybridized carbons (Fsp3) is 0.211. The maximum absolute atomic E-state index is 13.1. The van der Waals surface area contributed by atoms with E-state index in [9.17, 15) is 18.0 Å². The van der Waals surface area contributed by atoms with Crippen molar-refractivity contribution >= 4 is 34.4 Å². The molecule has 0 aliphatic carbocycles. The van der Waals surface area contributed by atoms with Crippen molar-refractivity contribution in [2.75, 3.05) is 5.32 Å². The number of rotatable bonds is 4. The van der Waals surface area contributed by atoms with Crippen LogP contribution >= 0.6 is 11.8 Å². The van der Waals surface area contributed by atoms with Crippen LogP contribution in [0.1, 0.15) is 18.2 Å². The van der Waals surface area contributed by atoms with E-state index in [-0.39, 0.29) is 5.69 Å². The number of aromatic nitrogens is 2. The van der Waals surface area contributed by atoms with Crippen LogP contribution in [0.15, 0.2) is 53.6 Å². The fourth-order valence-corrected chi connectivity index (χ4v) is 3.35. The number of hydrogen-bond acceptors (Lipinski definition) is 4. The Morgan fingerprint density at radius 1 is 1.04 bits per heavy atom. The van der Waals surface area contributed by atoms with Gasteiger partial charge >= 0.3 is 6.18 Å². The highest BCUT2D eigenvalue weighted by molar-refractivity contribution is 8.00. The molecule has 1 amide bonds. The Bertz CT molecular complexity index is 991. The summed E-state index contributed by atoms with van der Waals surface area (Å²) in [5.74, 6) is -0.536. The van der Waals surface area contributed by atoms with E-state index in [2.05, 4.69) is 15.3 Å². The second kappa shape index (κ2) is 7.56. The summed E-state index contributed by atoms with van der Waals surface area (Å²) in [7, 11) is 0. The molecule has 0 saturated carbocycles. The predicted molar refractivity (Wildman–Crippen MR) is 99.7 cm³/mol. The number of nitrogens with one attached hydrogen (secondary N) is 1. The third kappa shape index (κ3) is 4.39. The van der Waals surface area contributed by atoms with Crippen molar-refractivity contribution < 1.29 is 18.0 Å². The number of carbonyl (C=O) groups is 1. The average Bonchev–Trinajstić information content (AvgIpc) is 2.61. The fourth-order valence-electron chi connectivity index (χ4n) is 2.48. The highest BCUT2D eigenvalue weighted by atomic mass is 32.2. The molecule has 1 N–H and O–H groups in total. The molecule has 27 heavy (non-hydrogen) atoms. The number of amides is 1. The van der Waals surface area contributed by atoms with Gasteiger partial charge in [-0.25, -0.2) is 9.97 Å². The lowest BCUT2D eigenvalue weighted by Gasteiger charge is -2.16. The largest absolute Gasteiger partial charge is 0.418 e. The number of thioether (sulfide) groups is 1. The minimum absolute atomic E-state index is 0.260. The van der Waals surface area contributed by atoms with E-state index in [0.717, 1.165) is 23.3 Å². The van der Waals surface area contributed by atoms with Gasteiger partial charge < -0.3 is 5.32 Å². The number of benzene rings is 2. The van der Waals surface area contributed by atoms with E-state index < -0.39 is 22.9 Å². The molecule has 1 aromatic heterocycles. The summed E-state index contributed by atoms with van der Waals surface area (Å²) >= 11 is 1.16. The molecule has 1 heterocycles. The van der Waals surface area contributed by atoms with Gasteiger partial charge in [-0.3, -0.25) is 4.79 Å². The zero-order valence-corrected chi connectivity index (χ0v) is 15.4. The lowest BCUT2D eigenvalue weighted by molar-refractivity contribution is -0.137. The molecule has 4 nitrogen and oxygen atoms in total. The van der Waals surface area contributed by atoms with Gasteiger partial charge in [0.2, 0.25) is 5.91 Å². The molecule has 2 aromatic carbocycles. The molecule has 0 spiro atoms. The molecule has 3 rings (SSSR count). The lowest BCUT2D eigenvalue weighted by atomic mass is 10.1. The van der Waals surface area contributed by atoms with Crippen molar-refractivity contribution in [3.8, 4) is 0 Å². The van der Waals surface area contributed by atoms with Gasteiger partial charge in [0, 0.05) is 0 Å². The van der Waals surface area contributed by atoms with Crippen molar-refractivity contribution in [2.45, 2.75) is 30.3 Å². The van der Waals surface area contributed by atoms with E-state index in [0.29, 0.717) is 16.2 Å². The smallest absolute Gasteiger partial charge is 0.325 e. The van der Waals surface area contributed by atoms with E-state index in [4.69, 9.17) is 0 Å². The van der Waals surface area contributed by atoms with E-state index in [1.54, 1.807) is 13.8 Å². The Morgan fingerprint density at radius 2 is 1.63 bits per heavy atom. The number of nitrogens with zero attached hydrogens (tertiary/aromatic N) is 2. The number of alkyl halides is 3. The molecule has 0 saturated heterocycles. The standard InChI is InChI=1S/C19H16F3N3OS/c1-11-18(25-16-10-6-5-9-15(16)23-11)27-12(2)17(26)24-14-8-4-3-7-13(14)19(20,21)22/h3-10,12H,1-2H3,(H,24,26)/t12-/m0/s1. The number of para-hydroxylation sites is 3. The Balaban J connectivity index is 1.78. The van der Waals surface area contributed by atoms with Gasteiger partial charge in [0.15, 0.2) is 0 Å². The highest BCUT2D eigenvalue weighted by Gasteiger charge is 2.34. The van der Waals surface area contributed by atoms with Gasteiger partial charge in [-0.05, 0) is 38.1 Å². The Kier molecular flexibility index (Phi) is 5.36. The molecule has 0 bridgehead atoms. The van der Waals surface area contributed by atoms with Crippen molar-refractivity contribution in [1.82, 2.24) is 9.97 Å². The zero-order chi connectivity index (χ0) is 19.6. The van der Waals surface area contributed by atoms with Gasteiger partial charge in [-0.15, -0.1) is 0 Å². The van der Waals surface area contributed by atoms with Gasteiger partial charge in [0.1, 0.15) is 5.03 Å². The first-order chi connectivity index (χ1) is 12.8. The van der Waals surface area contributed by atoms with Crippen molar-refractivity contribution in [3.05, 3.63) is 59.8 Å². The van der Waals surface area contributed by atoms with Crippen LogP contribution in [0.2, 0.25) is 0 Å². The molecule has 0 aliphatic rings.